The molecule has 23 heavy (non-hydrogen) atoms. The van der Waals surface area contributed by atoms with E-state index in [-0.39, 0.29) is 0 Å². The molecule has 0 unspecified atom stereocenters. The van der Waals surface area contributed by atoms with Crippen molar-refractivity contribution < 1.29 is 4.74 Å². The number of benzene rings is 2. The minimum Gasteiger partial charge on any atom is -0.497 e. The van der Waals surface area contributed by atoms with Gasteiger partial charge in [-0.3, -0.25) is 0 Å². The molecule has 1 heterocycles. The summed E-state index contributed by atoms with van der Waals surface area (Å²) in [4.78, 5) is 0. The molecule has 0 spiro atoms. The van der Waals surface area contributed by atoms with Crippen LogP contribution in [0.15, 0.2) is 60.9 Å². The molecule has 2 aromatic carbocycles. The fraction of sp³-hybridized carbons (Fsp3) is 0.263. The second-order valence-electron chi connectivity index (χ2n) is 5.52. The van der Waals surface area contributed by atoms with Gasteiger partial charge in [0.05, 0.1) is 7.11 Å². The molecular weight excluding hydrogens is 286 g/mol. The average Bonchev–Trinajstić information content (AvgIpc) is 3.07. The molecule has 0 bridgehead atoms. The highest BCUT2D eigenvalue weighted by Crippen LogP contribution is 2.13. The Labute approximate surface area is 136 Å². The lowest BCUT2D eigenvalue weighted by molar-refractivity contribution is 0.414. The van der Waals surface area contributed by atoms with Crippen LogP contribution >= 0.6 is 0 Å². The molecule has 0 aliphatic carbocycles. The van der Waals surface area contributed by atoms with Gasteiger partial charge in [0.15, 0.2) is 0 Å². The third-order valence-electron chi connectivity index (χ3n) is 3.98. The second kappa shape index (κ2) is 7.58. The van der Waals surface area contributed by atoms with E-state index in [0.29, 0.717) is 0 Å². The van der Waals surface area contributed by atoms with Crippen LogP contribution in [0.5, 0.6) is 5.75 Å². The van der Waals surface area contributed by atoms with Crippen LogP contribution in [-0.2, 0) is 25.8 Å². The monoisotopic (exact) mass is 307 g/mol. The van der Waals surface area contributed by atoms with E-state index in [9.17, 15) is 0 Å². The first kappa shape index (κ1) is 15.3. The largest absolute Gasteiger partial charge is 0.497 e. The Balaban J connectivity index is 1.57. The molecule has 4 nitrogen and oxygen atoms in total. The molecule has 0 saturated carbocycles. The first-order chi connectivity index (χ1) is 11.3. The summed E-state index contributed by atoms with van der Waals surface area (Å²) in [6.07, 6.45) is 4.68. The predicted molar refractivity (Wildman–Crippen MR) is 90.6 cm³/mol. The SMILES string of the molecule is COc1ccc(CCn2cnnc2CCc2ccccc2)cc1. The Kier molecular flexibility index (Phi) is 5.04. The summed E-state index contributed by atoms with van der Waals surface area (Å²) in [6.45, 7) is 0.892. The lowest BCUT2D eigenvalue weighted by Crippen LogP contribution is -2.07. The van der Waals surface area contributed by atoms with Crippen LogP contribution in [0, 0.1) is 0 Å². The molecule has 3 aromatic rings. The highest BCUT2D eigenvalue weighted by Gasteiger charge is 2.05. The maximum atomic E-state index is 5.19. The van der Waals surface area contributed by atoms with E-state index < -0.39 is 0 Å². The molecule has 0 atom stereocenters. The van der Waals surface area contributed by atoms with E-state index in [1.165, 1.54) is 11.1 Å². The van der Waals surface area contributed by atoms with Crippen molar-refractivity contribution >= 4 is 0 Å². The molecule has 0 aliphatic heterocycles. The second-order valence-corrected chi connectivity index (χ2v) is 5.52. The van der Waals surface area contributed by atoms with Gasteiger partial charge in [0, 0.05) is 13.0 Å². The summed E-state index contributed by atoms with van der Waals surface area (Å²) in [5.74, 6) is 1.93. The fourth-order valence-corrected chi connectivity index (χ4v) is 2.60. The Morgan fingerprint density at radius 3 is 2.35 bits per heavy atom. The third kappa shape index (κ3) is 4.19. The normalized spacial score (nSPS) is 10.7. The van der Waals surface area contributed by atoms with Crippen LogP contribution in [0.4, 0.5) is 0 Å². The zero-order valence-electron chi connectivity index (χ0n) is 13.4. The van der Waals surface area contributed by atoms with E-state index in [1.54, 1.807) is 7.11 Å². The molecule has 0 fully saturated rings. The van der Waals surface area contributed by atoms with Crippen LogP contribution in [0.1, 0.15) is 17.0 Å². The van der Waals surface area contributed by atoms with Gasteiger partial charge in [0.2, 0.25) is 0 Å². The van der Waals surface area contributed by atoms with E-state index in [2.05, 4.69) is 51.2 Å². The number of aromatic nitrogens is 3. The maximum Gasteiger partial charge on any atom is 0.133 e. The Hall–Kier alpha value is -2.62. The standard InChI is InChI=1S/C19H21N3O/c1-23-18-10-7-17(8-11-18)13-14-22-15-20-21-19(22)12-9-16-5-3-2-4-6-16/h2-8,10-11,15H,9,12-14H2,1H3. The first-order valence-corrected chi connectivity index (χ1v) is 7.88. The number of nitrogens with zero attached hydrogens (tertiary/aromatic N) is 3. The number of rotatable bonds is 7. The minimum absolute atomic E-state index is 0.890. The highest BCUT2D eigenvalue weighted by molar-refractivity contribution is 5.27. The first-order valence-electron chi connectivity index (χ1n) is 7.88. The van der Waals surface area contributed by atoms with Gasteiger partial charge in [0.25, 0.3) is 0 Å². The van der Waals surface area contributed by atoms with E-state index >= 15 is 0 Å². The predicted octanol–water partition coefficient (Wildman–Crippen LogP) is 3.31. The van der Waals surface area contributed by atoms with Gasteiger partial charge in [-0.2, -0.15) is 0 Å². The zero-order valence-corrected chi connectivity index (χ0v) is 13.4. The average molecular weight is 307 g/mol. The van der Waals surface area contributed by atoms with Gasteiger partial charge in [-0.25, -0.2) is 0 Å². The molecule has 0 N–H and O–H groups in total. The molecule has 0 aliphatic rings. The number of methoxy groups -OCH3 is 1. The summed E-state index contributed by atoms with van der Waals surface area (Å²) in [5, 5.41) is 8.33. The molecule has 0 radical (unpaired) electrons. The summed E-state index contributed by atoms with van der Waals surface area (Å²) in [6, 6.07) is 18.7. The van der Waals surface area contributed by atoms with Crippen LogP contribution in [0.3, 0.4) is 0 Å². The molecule has 0 saturated heterocycles. The van der Waals surface area contributed by atoms with Crippen LogP contribution < -0.4 is 4.74 Å². The molecule has 118 valence electrons. The summed E-state index contributed by atoms with van der Waals surface area (Å²) < 4.78 is 7.33. The molecule has 0 amide bonds. The molecule has 4 heteroatoms. The topological polar surface area (TPSA) is 39.9 Å². The van der Waals surface area contributed by atoms with E-state index in [1.807, 2.05) is 24.5 Å². The number of ether oxygens (including phenoxy) is 1. The third-order valence-corrected chi connectivity index (χ3v) is 3.98. The summed E-state index contributed by atoms with van der Waals surface area (Å²) in [5.41, 5.74) is 2.62. The van der Waals surface area contributed by atoms with Crippen molar-refractivity contribution in [2.75, 3.05) is 7.11 Å². The lowest BCUT2D eigenvalue weighted by atomic mass is 10.1. The Morgan fingerprint density at radius 1 is 0.870 bits per heavy atom. The molecule has 3 rings (SSSR count). The van der Waals surface area contributed by atoms with Gasteiger partial charge in [0.1, 0.15) is 17.9 Å². The smallest absolute Gasteiger partial charge is 0.133 e. The van der Waals surface area contributed by atoms with Crippen LogP contribution in [0.2, 0.25) is 0 Å². The van der Waals surface area contributed by atoms with Crippen molar-refractivity contribution in [2.45, 2.75) is 25.8 Å². The zero-order chi connectivity index (χ0) is 15.9. The van der Waals surface area contributed by atoms with Gasteiger partial charge < -0.3 is 9.30 Å². The van der Waals surface area contributed by atoms with Crippen LogP contribution in [0.25, 0.3) is 0 Å². The van der Waals surface area contributed by atoms with Gasteiger partial charge in [-0.15, -0.1) is 10.2 Å². The fourth-order valence-electron chi connectivity index (χ4n) is 2.60. The Morgan fingerprint density at radius 2 is 1.61 bits per heavy atom. The van der Waals surface area contributed by atoms with Crippen molar-refractivity contribution in [3.05, 3.63) is 77.9 Å². The number of hydrogen-bond acceptors (Lipinski definition) is 3. The highest BCUT2D eigenvalue weighted by atomic mass is 16.5. The van der Waals surface area contributed by atoms with Crippen molar-refractivity contribution in [2.24, 2.45) is 0 Å². The molecule has 1 aromatic heterocycles. The van der Waals surface area contributed by atoms with E-state index in [4.69, 9.17) is 4.74 Å². The summed E-state index contributed by atoms with van der Waals surface area (Å²) in [7, 11) is 1.69. The van der Waals surface area contributed by atoms with Gasteiger partial charge in [-0.1, -0.05) is 42.5 Å². The maximum absolute atomic E-state index is 5.19. The quantitative estimate of drug-likeness (QED) is 0.672. The van der Waals surface area contributed by atoms with Gasteiger partial charge in [-0.05, 0) is 36.1 Å². The van der Waals surface area contributed by atoms with Gasteiger partial charge >= 0.3 is 0 Å². The summed E-state index contributed by atoms with van der Waals surface area (Å²) >= 11 is 0. The van der Waals surface area contributed by atoms with Crippen molar-refractivity contribution in [3.8, 4) is 5.75 Å². The lowest BCUT2D eigenvalue weighted by Gasteiger charge is -2.07. The van der Waals surface area contributed by atoms with E-state index in [0.717, 1.165) is 37.4 Å². The number of hydrogen-bond donors (Lipinski definition) is 0. The molecular formula is C19H21N3O. The van der Waals surface area contributed by atoms with Crippen LogP contribution in [-0.4, -0.2) is 21.9 Å². The number of aryl methyl sites for hydroxylation is 4. The van der Waals surface area contributed by atoms with Crippen molar-refractivity contribution in [3.63, 3.8) is 0 Å². The Bertz CT molecular complexity index is 720. The van der Waals surface area contributed by atoms with Crippen molar-refractivity contribution in [1.82, 2.24) is 14.8 Å². The van der Waals surface area contributed by atoms with Crippen molar-refractivity contribution in [1.29, 1.82) is 0 Å². The minimum atomic E-state index is 0.890.